The molecule has 0 aliphatic heterocycles. The fourth-order valence-electron chi connectivity index (χ4n) is 2.17. The minimum atomic E-state index is -0.580. The minimum Gasteiger partial charge on any atom is -0.385 e. The summed E-state index contributed by atoms with van der Waals surface area (Å²) >= 11 is 0. The first kappa shape index (κ1) is 9.76. The molecule has 2 saturated carbocycles. The van der Waals surface area contributed by atoms with Crippen molar-refractivity contribution in [1.82, 2.24) is 0 Å². The fourth-order valence-corrected chi connectivity index (χ4v) is 2.17. The van der Waals surface area contributed by atoms with E-state index in [0.29, 0.717) is 0 Å². The third kappa shape index (κ3) is 1.41. The number of rotatable bonds is 3. The molecule has 0 heterocycles. The number of aliphatic imine (C=N–C) groups is 1. The molecule has 0 radical (unpaired) electrons. The van der Waals surface area contributed by atoms with E-state index in [1.165, 1.54) is 0 Å². The van der Waals surface area contributed by atoms with E-state index in [0.717, 1.165) is 36.8 Å². The summed E-state index contributed by atoms with van der Waals surface area (Å²) in [5, 5.41) is 9.93. The van der Waals surface area contributed by atoms with Gasteiger partial charge in [-0.3, -0.25) is 0 Å². The van der Waals surface area contributed by atoms with Gasteiger partial charge in [0.15, 0.2) is 0 Å². The van der Waals surface area contributed by atoms with Crippen molar-refractivity contribution < 1.29 is 9.90 Å². The van der Waals surface area contributed by atoms with Crippen LogP contribution >= 0.6 is 0 Å². The van der Waals surface area contributed by atoms with Crippen LogP contribution in [0.4, 0.5) is 0 Å². The molecule has 0 atom stereocenters. The molecule has 0 aromatic heterocycles. The lowest BCUT2D eigenvalue weighted by molar-refractivity contribution is 0.151. The van der Waals surface area contributed by atoms with Crippen molar-refractivity contribution in [2.75, 3.05) is 0 Å². The zero-order valence-electron chi connectivity index (χ0n) is 8.94. The molecule has 0 saturated heterocycles. The number of carbonyl (C=O) groups excluding carboxylic acids is 1. The van der Waals surface area contributed by atoms with Gasteiger partial charge in [-0.2, -0.15) is 4.99 Å². The molecule has 0 unspecified atom stereocenters. The van der Waals surface area contributed by atoms with Crippen LogP contribution in [-0.2, 0) is 15.9 Å². The zero-order valence-corrected chi connectivity index (χ0v) is 8.94. The lowest BCUT2D eigenvalue weighted by atomic mass is 10.0. The van der Waals surface area contributed by atoms with Crippen molar-refractivity contribution in [1.29, 1.82) is 0 Å². The molecule has 2 aliphatic carbocycles. The zero-order chi connectivity index (χ0) is 11.2. The Morgan fingerprint density at radius 3 is 2.06 bits per heavy atom. The second-order valence-electron chi connectivity index (χ2n) is 4.84. The van der Waals surface area contributed by atoms with Gasteiger partial charge < -0.3 is 5.11 Å². The van der Waals surface area contributed by atoms with Crippen molar-refractivity contribution in [2.45, 2.75) is 36.8 Å². The van der Waals surface area contributed by atoms with Crippen molar-refractivity contribution >= 4 is 6.08 Å². The third-order valence-electron chi connectivity index (χ3n) is 3.67. The topological polar surface area (TPSA) is 49.7 Å². The molecule has 1 aromatic rings. The third-order valence-corrected chi connectivity index (χ3v) is 3.67. The maximum atomic E-state index is 10.3. The van der Waals surface area contributed by atoms with Gasteiger partial charge in [0.2, 0.25) is 6.08 Å². The van der Waals surface area contributed by atoms with E-state index in [-0.39, 0.29) is 5.54 Å². The van der Waals surface area contributed by atoms with Gasteiger partial charge in [0.05, 0.1) is 11.1 Å². The van der Waals surface area contributed by atoms with Gasteiger partial charge in [-0.25, -0.2) is 4.79 Å². The molecule has 3 nitrogen and oxygen atoms in total. The number of nitrogens with zero attached hydrogens (tertiary/aromatic N) is 1. The summed E-state index contributed by atoms with van der Waals surface area (Å²) in [6.07, 6.45) is 5.20. The Labute approximate surface area is 93.8 Å². The number of hydrogen-bond donors (Lipinski definition) is 1. The highest BCUT2D eigenvalue weighted by molar-refractivity contribution is 5.42. The van der Waals surface area contributed by atoms with E-state index in [1.54, 1.807) is 6.08 Å². The average Bonchev–Trinajstić information content (AvgIpc) is 3.19. The molecule has 3 heteroatoms. The van der Waals surface area contributed by atoms with E-state index >= 15 is 0 Å². The molecule has 3 rings (SSSR count). The molecule has 0 spiro atoms. The first-order valence-electron chi connectivity index (χ1n) is 5.61. The Bertz CT molecular complexity index is 463. The molecule has 0 bridgehead atoms. The van der Waals surface area contributed by atoms with Crippen LogP contribution < -0.4 is 0 Å². The highest BCUT2D eigenvalue weighted by Crippen LogP contribution is 2.50. The Morgan fingerprint density at radius 2 is 1.62 bits per heavy atom. The minimum absolute atomic E-state index is 0.299. The lowest BCUT2D eigenvalue weighted by Gasteiger charge is -2.11. The summed E-state index contributed by atoms with van der Waals surface area (Å²) in [4.78, 5) is 14.2. The van der Waals surface area contributed by atoms with Crippen LogP contribution in [0.5, 0.6) is 0 Å². The van der Waals surface area contributed by atoms with Crippen LogP contribution in [0.2, 0.25) is 0 Å². The van der Waals surface area contributed by atoms with Gasteiger partial charge in [-0.15, -0.1) is 0 Å². The summed E-state index contributed by atoms with van der Waals surface area (Å²) < 4.78 is 0. The number of hydrogen-bond acceptors (Lipinski definition) is 3. The Hall–Kier alpha value is -1.44. The van der Waals surface area contributed by atoms with Crippen molar-refractivity contribution in [3.63, 3.8) is 0 Å². The molecule has 2 aliphatic rings. The van der Waals surface area contributed by atoms with E-state index in [4.69, 9.17) is 0 Å². The van der Waals surface area contributed by atoms with Crippen molar-refractivity contribution in [2.24, 2.45) is 4.99 Å². The SMILES string of the molecule is O=C=NC1(c2ccc(C3(O)CC3)cc2)CC1. The number of aliphatic hydroxyl groups is 1. The van der Waals surface area contributed by atoms with E-state index in [1.807, 2.05) is 24.3 Å². The monoisotopic (exact) mass is 215 g/mol. The second-order valence-corrected chi connectivity index (χ2v) is 4.84. The molecule has 1 N–H and O–H groups in total. The van der Waals surface area contributed by atoms with Gasteiger partial charge in [-0.1, -0.05) is 24.3 Å². The van der Waals surface area contributed by atoms with Crippen molar-refractivity contribution in [3.8, 4) is 0 Å². The molecule has 82 valence electrons. The van der Waals surface area contributed by atoms with Gasteiger partial charge in [0.1, 0.15) is 0 Å². The van der Waals surface area contributed by atoms with Gasteiger partial charge >= 0.3 is 0 Å². The first-order valence-corrected chi connectivity index (χ1v) is 5.61. The smallest absolute Gasteiger partial charge is 0.235 e. The predicted octanol–water partition coefficient (Wildman–Crippen LogP) is 1.99. The highest BCUT2D eigenvalue weighted by Gasteiger charge is 2.46. The van der Waals surface area contributed by atoms with Crippen LogP contribution in [0.3, 0.4) is 0 Å². The number of benzene rings is 1. The largest absolute Gasteiger partial charge is 0.385 e. The van der Waals surface area contributed by atoms with E-state index in [9.17, 15) is 9.90 Å². The van der Waals surface area contributed by atoms with Crippen LogP contribution in [-0.4, -0.2) is 11.2 Å². The normalized spacial score (nSPS) is 23.3. The summed E-state index contributed by atoms with van der Waals surface area (Å²) in [6.45, 7) is 0. The molecule has 16 heavy (non-hydrogen) atoms. The summed E-state index contributed by atoms with van der Waals surface area (Å²) in [6, 6.07) is 7.84. The van der Waals surface area contributed by atoms with Crippen molar-refractivity contribution in [3.05, 3.63) is 35.4 Å². The van der Waals surface area contributed by atoms with Crippen LogP contribution in [0.15, 0.2) is 29.3 Å². The Balaban J connectivity index is 1.91. The Kier molecular flexibility index (Phi) is 1.85. The average molecular weight is 215 g/mol. The first-order chi connectivity index (χ1) is 7.69. The highest BCUT2D eigenvalue weighted by atomic mass is 16.3. The van der Waals surface area contributed by atoms with Crippen LogP contribution in [0.25, 0.3) is 0 Å². The molecular weight excluding hydrogens is 202 g/mol. The van der Waals surface area contributed by atoms with Crippen LogP contribution in [0.1, 0.15) is 36.8 Å². The number of isocyanates is 1. The summed E-state index contributed by atoms with van der Waals surface area (Å²) in [5.41, 5.74) is 1.15. The summed E-state index contributed by atoms with van der Waals surface area (Å²) in [5.74, 6) is 0. The second kappa shape index (κ2) is 3.03. The van der Waals surface area contributed by atoms with Crippen LogP contribution in [0, 0.1) is 0 Å². The Morgan fingerprint density at radius 1 is 1.06 bits per heavy atom. The van der Waals surface area contributed by atoms with E-state index in [2.05, 4.69) is 4.99 Å². The fraction of sp³-hybridized carbons (Fsp3) is 0.462. The molecular formula is C13H13NO2. The maximum absolute atomic E-state index is 10.3. The van der Waals surface area contributed by atoms with Gasteiger partial charge in [-0.05, 0) is 36.8 Å². The maximum Gasteiger partial charge on any atom is 0.235 e. The standard InChI is InChI=1S/C13H13NO2/c15-9-14-12(5-6-12)10-1-3-11(4-2-10)13(16)7-8-13/h1-4,16H,5-8H2. The lowest BCUT2D eigenvalue weighted by Crippen LogP contribution is -2.06. The van der Waals surface area contributed by atoms with E-state index < -0.39 is 5.60 Å². The molecule has 2 fully saturated rings. The summed E-state index contributed by atoms with van der Waals surface area (Å²) in [7, 11) is 0. The predicted molar refractivity (Wildman–Crippen MR) is 58.6 cm³/mol. The van der Waals surface area contributed by atoms with Gasteiger partial charge in [0.25, 0.3) is 0 Å². The molecule has 0 amide bonds. The quantitative estimate of drug-likeness (QED) is 0.619. The molecule has 1 aromatic carbocycles. The van der Waals surface area contributed by atoms with Gasteiger partial charge in [0, 0.05) is 0 Å².